The molecule has 0 bridgehead atoms. The number of hydrogen-bond donors (Lipinski definition) is 2. The Hall–Kier alpha value is -1.75. The molecule has 2 rings (SSSR count). The Labute approximate surface area is 133 Å². The molecule has 1 aliphatic rings. The van der Waals surface area contributed by atoms with Crippen molar-refractivity contribution in [3.8, 4) is 5.75 Å². The molecule has 5 heteroatoms. The molecule has 0 radical (unpaired) electrons. The van der Waals surface area contributed by atoms with Crippen LogP contribution in [-0.4, -0.2) is 51.2 Å². The summed E-state index contributed by atoms with van der Waals surface area (Å²) in [5, 5.41) is 6.71. The van der Waals surface area contributed by atoms with E-state index in [2.05, 4.69) is 26.6 Å². The number of guanidine groups is 1. The first kappa shape index (κ1) is 16.6. The van der Waals surface area contributed by atoms with Gasteiger partial charge in [0.1, 0.15) is 5.75 Å². The standard InChI is InChI=1S/C17H28N4O/c1-18-17(19-10-7-13-21-11-5-6-12-21)20-14-15-8-3-4-9-16(15)22-2/h3-4,8-9H,5-7,10-14H2,1-2H3,(H2,18,19,20). The summed E-state index contributed by atoms with van der Waals surface area (Å²) in [5.41, 5.74) is 1.13. The van der Waals surface area contributed by atoms with E-state index >= 15 is 0 Å². The first-order valence-corrected chi connectivity index (χ1v) is 8.12. The van der Waals surface area contributed by atoms with Gasteiger partial charge in [0, 0.05) is 25.7 Å². The maximum absolute atomic E-state index is 5.36. The van der Waals surface area contributed by atoms with Gasteiger partial charge in [-0.05, 0) is 45.0 Å². The first-order chi connectivity index (χ1) is 10.8. The first-order valence-electron chi connectivity index (χ1n) is 8.12. The molecule has 0 saturated carbocycles. The topological polar surface area (TPSA) is 48.9 Å². The number of hydrogen-bond acceptors (Lipinski definition) is 3. The fourth-order valence-electron chi connectivity index (χ4n) is 2.76. The number of nitrogens with one attached hydrogen (secondary N) is 2. The Balaban J connectivity index is 1.68. The van der Waals surface area contributed by atoms with Crippen LogP contribution in [-0.2, 0) is 6.54 Å². The third-order valence-electron chi connectivity index (χ3n) is 4.00. The average molecular weight is 304 g/mol. The van der Waals surface area contributed by atoms with Crippen LogP contribution in [0.2, 0.25) is 0 Å². The van der Waals surface area contributed by atoms with Crippen molar-refractivity contribution >= 4 is 5.96 Å². The lowest BCUT2D eigenvalue weighted by Gasteiger charge is -2.16. The van der Waals surface area contributed by atoms with E-state index in [4.69, 9.17) is 4.74 Å². The predicted molar refractivity (Wildman–Crippen MR) is 91.5 cm³/mol. The maximum Gasteiger partial charge on any atom is 0.191 e. The molecular weight excluding hydrogens is 276 g/mol. The van der Waals surface area contributed by atoms with Crippen molar-refractivity contribution in [1.82, 2.24) is 15.5 Å². The summed E-state index contributed by atoms with van der Waals surface area (Å²) in [4.78, 5) is 6.80. The Morgan fingerprint density at radius 2 is 2.00 bits per heavy atom. The summed E-state index contributed by atoms with van der Waals surface area (Å²) >= 11 is 0. The summed E-state index contributed by atoms with van der Waals surface area (Å²) < 4.78 is 5.36. The monoisotopic (exact) mass is 304 g/mol. The zero-order valence-electron chi connectivity index (χ0n) is 13.8. The molecular formula is C17H28N4O. The second-order valence-electron chi connectivity index (χ2n) is 5.57. The number of likely N-dealkylation sites (tertiary alicyclic amines) is 1. The lowest BCUT2D eigenvalue weighted by molar-refractivity contribution is 0.334. The SMILES string of the molecule is CN=C(NCCCN1CCCC1)NCc1ccccc1OC. The fraction of sp³-hybridized carbons (Fsp3) is 0.588. The van der Waals surface area contributed by atoms with E-state index in [1.165, 1.54) is 32.5 Å². The van der Waals surface area contributed by atoms with Crippen LogP contribution in [0.1, 0.15) is 24.8 Å². The molecule has 1 fully saturated rings. The van der Waals surface area contributed by atoms with Crippen molar-refractivity contribution in [2.24, 2.45) is 4.99 Å². The summed E-state index contributed by atoms with van der Waals surface area (Å²) in [6, 6.07) is 8.04. The van der Waals surface area contributed by atoms with Gasteiger partial charge in [0.2, 0.25) is 0 Å². The van der Waals surface area contributed by atoms with Crippen LogP contribution in [0.4, 0.5) is 0 Å². The van der Waals surface area contributed by atoms with Crippen molar-refractivity contribution in [3.63, 3.8) is 0 Å². The lowest BCUT2D eigenvalue weighted by atomic mass is 10.2. The highest BCUT2D eigenvalue weighted by Crippen LogP contribution is 2.16. The van der Waals surface area contributed by atoms with Gasteiger partial charge in [0.05, 0.1) is 7.11 Å². The van der Waals surface area contributed by atoms with E-state index < -0.39 is 0 Å². The van der Waals surface area contributed by atoms with Gasteiger partial charge in [-0.3, -0.25) is 4.99 Å². The number of rotatable bonds is 7. The molecule has 1 aliphatic heterocycles. The van der Waals surface area contributed by atoms with Crippen molar-refractivity contribution in [1.29, 1.82) is 0 Å². The molecule has 0 amide bonds. The summed E-state index contributed by atoms with van der Waals surface area (Å²) in [6.07, 6.45) is 3.86. The van der Waals surface area contributed by atoms with Crippen molar-refractivity contribution < 1.29 is 4.74 Å². The number of ether oxygens (including phenoxy) is 1. The minimum absolute atomic E-state index is 0.704. The van der Waals surface area contributed by atoms with E-state index in [0.717, 1.165) is 30.2 Å². The summed E-state index contributed by atoms with van der Waals surface area (Å²) in [6.45, 7) is 5.36. The van der Waals surface area contributed by atoms with E-state index in [-0.39, 0.29) is 0 Å². The van der Waals surface area contributed by atoms with Gasteiger partial charge in [-0.15, -0.1) is 0 Å². The van der Waals surface area contributed by atoms with Crippen molar-refractivity contribution in [2.75, 3.05) is 40.3 Å². The molecule has 1 aromatic carbocycles. The van der Waals surface area contributed by atoms with Gasteiger partial charge in [-0.1, -0.05) is 18.2 Å². The molecule has 0 atom stereocenters. The minimum atomic E-state index is 0.704. The van der Waals surface area contributed by atoms with Gasteiger partial charge < -0.3 is 20.3 Å². The zero-order valence-corrected chi connectivity index (χ0v) is 13.8. The third kappa shape index (κ3) is 5.22. The molecule has 1 aromatic rings. The number of aliphatic imine (C=N–C) groups is 1. The maximum atomic E-state index is 5.36. The quantitative estimate of drug-likeness (QED) is 0.458. The molecule has 122 valence electrons. The molecule has 0 aromatic heterocycles. The van der Waals surface area contributed by atoms with Gasteiger partial charge in [-0.2, -0.15) is 0 Å². The Bertz CT molecular complexity index is 469. The van der Waals surface area contributed by atoms with Crippen LogP contribution in [0.3, 0.4) is 0 Å². The van der Waals surface area contributed by atoms with Crippen LogP contribution in [0.25, 0.3) is 0 Å². The molecule has 22 heavy (non-hydrogen) atoms. The second kappa shape index (κ2) is 9.30. The summed E-state index contributed by atoms with van der Waals surface area (Å²) in [7, 11) is 3.50. The van der Waals surface area contributed by atoms with Gasteiger partial charge in [-0.25, -0.2) is 0 Å². The summed E-state index contributed by atoms with van der Waals surface area (Å²) in [5.74, 6) is 1.74. The zero-order chi connectivity index (χ0) is 15.6. The van der Waals surface area contributed by atoms with Crippen LogP contribution in [0.15, 0.2) is 29.3 Å². The highest BCUT2D eigenvalue weighted by molar-refractivity contribution is 5.79. The smallest absolute Gasteiger partial charge is 0.191 e. The molecule has 0 spiro atoms. The van der Waals surface area contributed by atoms with Crippen LogP contribution >= 0.6 is 0 Å². The molecule has 5 nitrogen and oxygen atoms in total. The highest BCUT2D eigenvalue weighted by atomic mass is 16.5. The second-order valence-corrected chi connectivity index (χ2v) is 5.57. The Morgan fingerprint density at radius 1 is 1.23 bits per heavy atom. The van der Waals surface area contributed by atoms with Gasteiger partial charge in [0.25, 0.3) is 0 Å². The fourth-order valence-corrected chi connectivity index (χ4v) is 2.76. The number of para-hydroxylation sites is 1. The molecule has 0 aliphatic carbocycles. The highest BCUT2D eigenvalue weighted by Gasteiger charge is 2.10. The number of nitrogens with zero attached hydrogens (tertiary/aromatic N) is 2. The number of benzene rings is 1. The van der Waals surface area contributed by atoms with E-state index in [1.807, 2.05) is 18.2 Å². The lowest BCUT2D eigenvalue weighted by Crippen LogP contribution is -2.38. The normalized spacial score (nSPS) is 15.8. The van der Waals surface area contributed by atoms with E-state index in [1.54, 1.807) is 14.2 Å². The van der Waals surface area contributed by atoms with Crippen molar-refractivity contribution in [2.45, 2.75) is 25.8 Å². The average Bonchev–Trinajstić information content (AvgIpc) is 3.08. The van der Waals surface area contributed by atoms with Gasteiger partial charge in [0.15, 0.2) is 5.96 Å². The molecule has 1 heterocycles. The van der Waals surface area contributed by atoms with E-state index in [0.29, 0.717) is 6.54 Å². The molecule has 2 N–H and O–H groups in total. The van der Waals surface area contributed by atoms with E-state index in [9.17, 15) is 0 Å². The van der Waals surface area contributed by atoms with Crippen LogP contribution in [0.5, 0.6) is 5.75 Å². The Kier molecular flexibility index (Phi) is 7.03. The Morgan fingerprint density at radius 3 is 2.73 bits per heavy atom. The molecule has 1 saturated heterocycles. The molecule has 0 unspecified atom stereocenters. The third-order valence-corrected chi connectivity index (χ3v) is 4.00. The minimum Gasteiger partial charge on any atom is -0.496 e. The van der Waals surface area contributed by atoms with Gasteiger partial charge >= 0.3 is 0 Å². The predicted octanol–water partition coefficient (Wildman–Crippen LogP) is 1.85. The van der Waals surface area contributed by atoms with Crippen LogP contribution < -0.4 is 15.4 Å². The van der Waals surface area contributed by atoms with Crippen LogP contribution in [0, 0.1) is 0 Å². The largest absolute Gasteiger partial charge is 0.496 e. The number of methoxy groups -OCH3 is 1. The van der Waals surface area contributed by atoms with Crippen molar-refractivity contribution in [3.05, 3.63) is 29.8 Å².